The zero-order valence-corrected chi connectivity index (χ0v) is 11.9. The number of hydrogen-bond acceptors (Lipinski definition) is 3. The van der Waals surface area contributed by atoms with Crippen molar-refractivity contribution >= 4 is 0 Å². The quantitative estimate of drug-likeness (QED) is 0.795. The molecule has 0 saturated heterocycles. The van der Waals surface area contributed by atoms with Crippen LogP contribution in [0.4, 0.5) is 13.2 Å². The molecular formula is C15H14F3N3O. The van der Waals surface area contributed by atoms with Crippen molar-refractivity contribution in [2.24, 2.45) is 0 Å². The summed E-state index contributed by atoms with van der Waals surface area (Å²) in [6.07, 6.45) is -0.613. The lowest BCUT2D eigenvalue weighted by Crippen LogP contribution is -2.05. The number of halogens is 3. The summed E-state index contributed by atoms with van der Waals surface area (Å²) in [7, 11) is 1.59. The molecule has 2 rings (SSSR count). The Kier molecular flexibility index (Phi) is 4.83. The topological polar surface area (TPSA) is 50.8 Å². The van der Waals surface area contributed by atoms with E-state index in [2.05, 4.69) is 5.10 Å². The zero-order chi connectivity index (χ0) is 16.2. The lowest BCUT2D eigenvalue weighted by Gasteiger charge is -2.09. The van der Waals surface area contributed by atoms with Gasteiger partial charge in [-0.3, -0.25) is 4.68 Å². The van der Waals surface area contributed by atoms with E-state index in [0.29, 0.717) is 18.7 Å². The number of alkyl halides is 3. The zero-order valence-electron chi connectivity index (χ0n) is 11.9. The van der Waals surface area contributed by atoms with E-state index in [1.54, 1.807) is 18.0 Å². The number of rotatable bonds is 5. The van der Waals surface area contributed by atoms with E-state index in [1.165, 1.54) is 12.3 Å². The maximum Gasteiger partial charge on any atom is 0.416 e. The minimum absolute atomic E-state index is 0.185. The van der Waals surface area contributed by atoms with Crippen LogP contribution in [0.25, 0.3) is 11.1 Å². The first kappa shape index (κ1) is 16.0. The molecule has 1 heterocycles. The molecule has 0 aliphatic carbocycles. The maximum absolute atomic E-state index is 12.8. The highest BCUT2D eigenvalue weighted by molar-refractivity contribution is 5.70. The van der Waals surface area contributed by atoms with Crippen molar-refractivity contribution in [3.05, 3.63) is 41.7 Å². The fourth-order valence-electron chi connectivity index (χ4n) is 2.05. The third-order valence-electron chi connectivity index (χ3n) is 3.15. The highest BCUT2D eigenvalue weighted by Gasteiger charge is 2.31. The summed E-state index contributed by atoms with van der Waals surface area (Å²) in [5, 5.41) is 13.2. The molecule has 22 heavy (non-hydrogen) atoms. The lowest BCUT2D eigenvalue weighted by molar-refractivity contribution is -0.137. The number of benzene rings is 1. The first-order chi connectivity index (χ1) is 10.5. The van der Waals surface area contributed by atoms with E-state index in [-0.39, 0.29) is 11.1 Å². The predicted molar refractivity (Wildman–Crippen MR) is 73.9 cm³/mol. The van der Waals surface area contributed by atoms with Gasteiger partial charge in [0.2, 0.25) is 0 Å². The van der Waals surface area contributed by atoms with Crippen LogP contribution < -0.4 is 0 Å². The summed E-state index contributed by atoms with van der Waals surface area (Å²) in [4.78, 5) is 0. The van der Waals surface area contributed by atoms with E-state index in [4.69, 9.17) is 10.00 Å². The molecule has 0 N–H and O–H groups in total. The van der Waals surface area contributed by atoms with E-state index in [1.807, 2.05) is 6.07 Å². The number of ether oxygens (including phenoxy) is 1. The van der Waals surface area contributed by atoms with Crippen LogP contribution in [0, 0.1) is 11.3 Å². The fraction of sp³-hybridized carbons (Fsp3) is 0.333. The average Bonchev–Trinajstić information content (AvgIpc) is 2.94. The van der Waals surface area contributed by atoms with Gasteiger partial charge in [0.1, 0.15) is 0 Å². The Hall–Kier alpha value is -2.33. The predicted octanol–water partition coefficient (Wildman–Crippen LogP) is 3.48. The first-order valence-corrected chi connectivity index (χ1v) is 6.59. The van der Waals surface area contributed by atoms with E-state index in [9.17, 15) is 13.2 Å². The molecule has 0 fully saturated rings. The number of methoxy groups -OCH3 is 1. The van der Waals surface area contributed by atoms with Gasteiger partial charge in [0, 0.05) is 37.6 Å². The Morgan fingerprint density at radius 3 is 2.77 bits per heavy atom. The summed E-state index contributed by atoms with van der Waals surface area (Å²) in [5.74, 6) is 0. The van der Waals surface area contributed by atoms with Crippen molar-refractivity contribution < 1.29 is 17.9 Å². The number of nitriles is 1. The Labute approximate surface area is 125 Å². The summed E-state index contributed by atoms with van der Waals surface area (Å²) in [6.45, 7) is 1.16. The Morgan fingerprint density at radius 1 is 1.36 bits per heavy atom. The largest absolute Gasteiger partial charge is 0.416 e. The summed E-state index contributed by atoms with van der Waals surface area (Å²) >= 11 is 0. The average molecular weight is 309 g/mol. The van der Waals surface area contributed by atoms with Crippen LogP contribution >= 0.6 is 0 Å². The molecule has 0 saturated carbocycles. The number of aromatic nitrogens is 2. The second-order valence-corrected chi connectivity index (χ2v) is 4.71. The van der Waals surface area contributed by atoms with Crippen LogP contribution in [0.5, 0.6) is 0 Å². The second kappa shape index (κ2) is 6.62. The standard InChI is InChI=1S/C15H14F3N3O/c1-22-6-2-5-21-10-12(9-20-21)14-7-13(15(16,17)18)4-3-11(14)8-19/h3-4,7,9-10H,2,5-6H2,1H3. The van der Waals surface area contributed by atoms with Crippen LogP contribution in [0.3, 0.4) is 0 Å². The summed E-state index contributed by atoms with van der Waals surface area (Å²) in [5.41, 5.74) is 0.119. The third kappa shape index (κ3) is 3.65. The number of aryl methyl sites for hydroxylation is 1. The highest BCUT2D eigenvalue weighted by atomic mass is 19.4. The Morgan fingerprint density at radius 2 is 2.14 bits per heavy atom. The molecule has 1 aromatic carbocycles. The molecule has 0 bridgehead atoms. The molecule has 0 unspecified atom stereocenters. The molecule has 1 aromatic heterocycles. The SMILES string of the molecule is COCCCn1cc(-c2cc(C(F)(F)F)ccc2C#N)cn1. The van der Waals surface area contributed by atoms with Gasteiger partial charge in [0.15, 0.2) is 0 Å². The molecule has 0 spiro atoms. The van der Waals surface area contributed by atoms with Crippen molar-refractivity contribution in [1.29, 1.82) is 5.26 Å². The molecule has 4 nitrogen and oxygen atoms in total. The first-order valence-electron chi connectivity index (χ1n) is 6.59. The van der Waals surface area contributed by atoms with Gasteiger partial charge in [-0.2, -0.15) is 23.5 Å². The highest BCUT2D eigenvalue weighted by Crippen LogP contribution is 2.33. The molecule has 0 aliphatic heterocycles. The smallest absolute Gasteiger partial charge is 0.385 e. The second-order valence-electron chi connectivity index (χ2n) is 4.71. The van der Waals surface area contributed by atoms with Crippen LogP contribution in [0.15, 0.2) is 30.6 Å². The molecule has 0 aliphatic rings. The summed E-state index contributed by atoms with van der Waals surface area (Å²) < 4.78 is 45.0. The van der Waals surface area contributed by atoms with Crippen molar-refractivity contribution in [2.45, 2.75) is 19.1 Å². The van der Waals surface area contributed by atoms with E-state index in [0.717, 1.165) is 18.6 Å². The van der Waals surface area contributed by atoms with Gasteiger partial charge in [0.25, 0.3) is 0 Å². The third-order valence-corrected chi connectivity index (χ3v) is 3.15. The molecule has 0 atom stereocenters. The lowest BCUT2D eigenvalue weighted by atomic mass is 10.00. The van der Waals surface area contributed by atoms with Crippen LogP contribution in [0.2, 0.25) is 0 Å². The minimum atomic E-state index is -4.45. The van der Waals surface area contributed by atoms with E-state index < -0.39 is 11.7 Å². The molecule has 2 aromatic rings. The fourth-order valence-corrected chi connectivity index (χ4v) is 2.05. The van der Waals surface area contributed by atoms with Gasteiger partial charge in [-0.1, -0.05) is 0 Å². The van der Waals surface area contributed by atoms with Crippen molar-refractivity contribution in [2.75, 3.05) is 13.7 Å². The van der Waals surface area contributed by atoms with Crippen LogP contribution in [0.1, 0.15) is 17.5 Å². The summed E-state index contributed by atoms with van der Waals surface area (Å²) in [6, 6.07) is 4.98. The van der Waals surface area contributed by atoms with Crippen molar-refractivity contribution in [3.8, 4) is 17.2 Å². The maximum atomic E-state index is 12.8. The van der Waals surface area contributed by atoms with Gasteiger partial charge < -0.3 is 4.74 Å². The molecule has 0 amide bonds. The molecule has 0 radical (unpaired) electrons. The van der Waals surface area contributed by atoms with Crippen molar-refractivity contribution in [1.82, 2.24) is 9.78 Å². The number of hydrogen-bond donors (Lipinski definition) is 0. The molecule has 7 heteroatoms. The Balaban J connectivity index is 2.33. The van der Waals surface area contributed by atoms with Gasteiger partial charge in [-0.25, -0.2) is 0 Å². The molecule has 116 valence electrons. The Bertz CT molecular complexity index is 686. The van der Waals surface area contributed by atoms with E-state index >= 15 is 0 Å². The number of nitrogens with zero attached hydrogens (tertiary/aromatic N) is 3. The van der Waals surface area contributed by atoms with Crippen molar-refractivity contribution in [3.63, 3.8) is 0 Å². The molecular weight excluding hydrogens is 295 g/mol. The van der Waals surface area contributed by atoms with Crippen LogP contribution in [-0.2, 0) is 17.5 Å². The monoisotopic (exact) mass is 309 g/mol. The van der Waals surface area contributed by atoms with Gasteiger partial charge in [0.05, 0.1) is 23.4 Å². The van der Waals surface area contributed by atoms with Gasteiger partial charge >= 0.3 is 6.18 Å². The van der Waals surface area contributed by atoms with Gasteiger partial charge in [-0.15, -0.1) is 0 Å². The van der Waals surface area contributed by atoms with Crippen LogP contribution in [-0.4, -0.2) is 23.5 Å². The minimum Gasteiger partial charge on any atom is -0.385 e. The normalized spacial score (nSPS) is 11.4. The van der Waals surface area contributed by atoms with Gasteiger partial charge in [-0.05, 0) is 24.6 Å².